The van der Waals surface area contributed by atoms with Crippen LogP contribution in [-0.4, -0.2) is 40.8 Å². The fourth-order valence-corrected chi connectivity index (χ4v) is 2.66. The average molecular weight is 400 g/mol. The van der Waals surface area contributed by atoms with E-state index in [0.29, 0.717) is 28.7 Å². The molecule has 4 aromatic rings. The molecule has 0 bridgehead atoms. The molecule has 0 saturated heterocycles. The van der Waals surface area contributed by atoms with Crippen molar-refractivity contribution in [2.45, 2.75) is 6.54 Å². The highest BCUT2D eigenvalue weighted by molar-refractivity contribution is 5.79. The van der Waals surface area contributed by atoms with Crippen molar-refractivity contribution in [1.29, 1.82) is 0 Å². The van der Waals surface area contributed by atoms with Crippen LogP contribution < -0.4 is 10.6 Å². The monoisotopic (exact) mass is 400 g/mol. The van der Waals surface area contributed by atoms with Gasteiger partial charge in [0.05, 0.1) is 13.2 Å². The van der Waals surface area contributed by atoms with Gasteiger partial charge in [0, 0.05) is 12.6 Å². The largest absolute Gasteiger partial charge is 0.423 e. The first-order valence-electron chi connectivity index (χ1n) is 8.78. The lowest BCUT2D eigenvalue weighted by molar-refractivity contribution is -0.126. The van der Waals surface area contributed by atoms with Crippen molar-refractivity contribution >= 4 is 40.1 Å². The van der Waals surface area contributed by atoms with Gasteiger partial charge in [-0.2, -0.15) is 9.97 Å². The molecule has 0 aliphatic heterocycles. The predicted octanol–water partition coefficient (Wildman–Crippen LogP) is 2.48. The molecule has 4 rings (SSSR count). The summed E-state index contributed by atoms with van der Waals surface area (Å²) in [5.74, 6) is -0.688. The molecule has 0 unspecified atom stereocenters. The van der Waals surface area contributed by atoms with Crippen molar-refractivity contribution in [3.63, 3.8) is 0 Å². The second-order valence-corrected chi connectivity index (χ2v) is 6.13. The van der Waals surface area contributed by atoms with Gasteiger partial charge in [-0.25, -0.2) is 4.39 Å². The Morgan fingerprint density at radius 3 is 2.48 bits per heavy atom. The van der Waals surface area contributed by atoms with Gasteiger partial charge >= 0.3 is 12.0 Å². The number of oxazole rings is 2. The van der Waals surface area contributed by atoms with E-state index in [1.807, 2.05) is 0 Å². The van der Waals surface area contributed by atoms with Gasteiger partial charge in [-0.05, 0) is 29.8 Å². The van der Waals surface area contributed by atoms with E-state index in [1.54, 1.807) is 18.2 Å². The van der Waals surface area contributed by atoms with Gasteiger partial charge in [-0.3, -0.25) is 10.1 Å². The number of hydrogen-bond acceptors (Lipinski definition) is 8. The van der Waals surface area contributed by atoms with Gasteiger partial charge in [-0.1, -0.05) is 6.07 Å². The number of aliphatic hydroxyl groups is 1. The first-order valence-corrected chi connectivity index (χ1v) is 8.78. The summed E-state index contributed by atoms with van der Waals surface area (Å²) in [7, 11) is 0. The maximum Gasteiger partial charge on any atom is 0.303 e. The molecular weight excluding hydrogens is 383 g/mol. The molecule has 0 radical (unpaired) electrons. The number of ether oxygens (including phenoxy) is 1. The molecule has 10 heteroatoms. The SMILES string of the molecule is O=C(COCCO)NCc1ccc2oc(Nc3nc4cc(F)ccc4o3)nc2c1. The number of carbonyl (C=O) groups is 1. The zero-order valence-electron chi connectivity index (χ0n) is 15.1. The van der Waals surface area contributed by atoms with Gasteiger partial charge in [0.15, 0.2) is 11.2 Å². The van der Waals surface area contributed by atoms with Crippen molar-refractivity contribution in [3.05, 3.63) is 47.8 Å². The Bertz CT molecular complexity index is 1160. The van der Waals surface area contributed by atoms with E-state index in [9.17, 15) is 9.18 Å². The molecule has 0 atom stereocenters. The van der Waals surface area contributed by atoms with E-state index in [2.05, 4.69) is 20.6 Å². The van der Waals surface area contributed by atoms with Crippen LogP contribution in [0.4, 0.5) is 16.4 Å². The Kier molecular flexibility index (Phi) is 5.36. The Labute approximate surface area is 163 Å². The van der Waals surface area contributed by atoms with Gasteiger partial charge in [0.2, 0.25) is 5.91 Å². The minimum absolute atomic E-state index is 0.114. The van der Waals surface area contributed by atoms with E-state index < -0.39 is 5.82 Å². The Balaban J connectivity index is 1.43. The smallest absolute Gasteiger partial charge is 0.303 e. The topological polar surface area (TPSA) is 123 Å². The Hall–Kier alpha value is -3.50. The highest BCUT2D eigenvalue weighted by Gasteiger charge is 2.12. The zero-order valence-corrected chi connectivity index (χ0v) is 15.1. The summed E-state index contributed by atoms with van der Waals surface area (Å²) in [6.07, 6.45) is 0. The number of carbonyl (C=O) groups excluding carboxylic acids is 1. The number of anilines is 2. The van der Waals surface area contributed by atoms with Crippen molar-refractivity contribution in [2.75, 3.05) is 25.1 Å². The first-order chi connectivity index (χ1) is 14.1. The fourth-order valence-electron chi connectivity index (χ4n) is 2.66. The van der Waals surface area contributed by atoms with Crippen molar-refractivity contribution < 1.29 is 27.9 Å². The van der Waals surface area contributed by atoms with E-state index in [1.165, 1.54) is 18.2 Å². The molecule has 0 aliphatic rings. The molecule has 2 aromatic carbocycles. The number of hydrogen-bond donors (Lipinski definition) is 3. The molecule has 9 nitrogen and oxygen atoms in total. The van der Waals surface area contributed by atoms with Gasteiger partial charge in [-0.15, -0.1) is 0 Å². The second kappa shape index (κ2) is 8.25. The summed E-state index contributed by atoms with van der Waals surface area (Å²) in [6, 6.07) is 9.66. The molecule has 2 aromatic heterocycles. The van der Waals surface area contributed by atoms with Crippen molar-refractivity contribution in [1.82, 2.24) is 15.3 Å². The van der Waals surface area contributed by atoms with Crippen molar-refractivity contribution in [2.24, 2.45) is 0 Å². The number of benzene rings is 2. The molecule has 0 aliphatic carbocycles. The van der Waals surface area contributed by atoms with Crippen LogP contribution in [0.3, 0.4) is 0 Å². The van der Waals surface area contributed by atoms with E-state index in [4.69, 9.17) is 18.7 Å². The summed E-state index contributed by atoms with van der Waals surface area (Å²) in [6.45, 7) is 0.162. The molecule has 0 saturated carbocycles. The summed E-state index contributed by atoms with van der Waals surface area (Å²) in [5, 5.41) is 14.2. The van der Waals surface area contributed by atoms with Gasteiger partial charge in [0.1, 0.15) is 23.5 Å². The third-order valence-corrected chi connectivity index (χ3v) is 3.97. The number of amides is 1. The molecule has 1 amide bonds. The van der Waals surface area contributed by atoms with Crippen LogP contribution in [0.5, 0.6) is 0 Å². The number of halogens is 1. The quantitative estimate of drug-likeness (QED) is 0.386. The highest BCUT2D eigenvalue weighted by atomic mass is 19.1. The lowest BCUT2D eigenvalue weighted by Crippen LogP contribution is -2.27. The molecule has 0 fully saturated rings. The summed E-state index contributed by atoms with van der Waals surface area (Å²) < 4.78 is 29.3. The van der Waals surface area contributed by atoms with Crippen molar-refractivity contribution in [3.8, 4) is 0 Å². The molecule has 29 heavy (non-hydrogen) atoms. The standard InChI is InChI=1S/C19H17FN4O5/c20-12-2-4-16-14(8-12)23-19(29-16)24-18-22-13-7-11(1-3-15(13)28-18)9-21-17(26)10-27-6-5-25/h1-4,7-8,25H,5-6,9-10H2,(H,21,26)(H,22,23,24). The van der Waals surface area contributed by atoms with Crippen LogP contribution in [0.2, 0.25) is 0 Å². The average Bonchev–Trinajstić information content (AvgIpc) is 3.28. The Morgan fingerprint density at radius 1 is 1.07 bits per heavy atom. The number of nitrogens with one attached hydrogen (secondary N) is 2. The lowest BCUT2D eigenvalue weighted by Gasteiger charge is -2.05. The summed E-state index contributed by atoms with van der Waals surface area (Å²) >= 11 is 0. The van der Waals surface area contributed by atoms with E-state index in [-0.39, 0.29) is 37.8 Å². The summed E-state index contributed by atoms with van der Waals surface area (Å²) in [4.78, 5) is 20.1. The maximum absolute atomic E-state index is 13.3. The van der Waals surface area contributed by atoms with Crippen LogP contribution in [0.15, 0.2) is 45.2 Å². The van der Waals surface area contributed by atoms with Crippen LogP contribution in [-0.2, 0) is 16.1 Å². The number of aromatic nitrogens is 2. The zero-order chi connectivity index (χ0) is 20.2. The van der Waals surface area contributed by atoms with Gasteiger partial charge in [0.25, 0.3) is 0 Å². The minimum atomic E-state index is -0.404. The van der Waals surface area contributed by atoms with Crippen LogP contribution >= 0.6 is 0 Å². The third kappa shape index (κ3) is 4.50. The highest BCUT2D eigenvalue weighted by Crippen LogP contribution is 2.25. The van der Waals surface area contributed by atoms with Crippen LogP contribution in [0.1, 0.15) is 5.56 Å². The number of aliphatic hydroxyl groups excluding tert-OH is 1. The van der Waals surface area contributed by atoms with Crippen LogP contribution in [0.25, 0.3) is 22.2 Å². The normalized spacial score (nSPS) is 11.2. The fraction of sp³-hybridized carbons (Fsp3) is 0.211. The predicted molar refractivity (Wildman–Crippen MR) is 101 cm³/mol. The maximum atomic E-state index is 13.3. The van der Waals surface area contributed by atoms with Crippen LogP contribution in [0, 0.1) is 5.82 Å². The van der Waals surface area contributed by atoms with E-state index in [0.717, 1.165) is 5.56 Å². The first kappa shape index (κ1) is 18.8. The molecular formula is C19H17FN4O5. The third-order valence-electron chi connectivity index (χ3n) is 3.97. The number of fused-ring (bicyclic) bond motifs is 2. The number of nitrogens with zero attached hydrogens (tertiary/aromatic N) is 2. The minimum Gasteiger partial charge on any atom is -0.423 e. The molecule has 0 spiro atoms. The molecule has 150 valence electrons. The second-order valence-electron chi connectivity index (χ2n) is 6.13. The summed E-state index contributed by atoms with van der Waals surface area (Å²) in [5.41, 5.74) is 2.76. The van der Waals surface area contributed by atoms with E-state index >= 15 is 0 Å². The molecule has 3 N–H and O–H groups in total. The lowest BCUT2D eigenvalue weighted by atomic mass is 10.2. The molecule has 2 heterocycles. The number of rotatable bonds is 8. The Morgan fingerprint density at radius 2 is 1.76 bits per heavy atom. The van der Waals surface area contributed by atoms with Gasteiger partial charge < -0.3 is 24.0 Å².